The Bertz CT molecular complexity index is 1080. The van der Waals surface area contributed by atoms with Gasteiger partial charge in [-0.2, -0.15) is 4.98 Å². The molecular formula is C24H26N4O4. The molecule has 8 nitrogen and oxygen atoms in total. The second-order valence-electron chi connectivity index (χ2n) is 8.07. The van der Waals surface area contributed by atoms with Crippen LogP contribution >= 0.6 is 0 Å². The fraction of sp³-hybridized carbons (Fsp3) is 0.333. The first-order chi connectivity index (χ1) is 15.4. The lowest BCUT2D eigenvalue weighted by molar-refractivity contribution is -0.0586. The van der Waals surface area contributed by atoms with Gasteiger partial charge >= 0.3 is 0 Å². The summed E-state index contributed by atoms with van der Waals surface area (Å²) in [6.45, 7) is 7.24. The van der Waals surface area contributed by atoms with Crippen LogP contribution < -0.4 is 5.32 Å². The standard InChI is InChI=1S/C24H26N4O4/c1-15-13-28(14-16(2)31-15)24(30)21-6-4-18(5-7-21)12-25-22(29)19-8-10-20(11-9-19)23-26-17(3)27-32-23/h4-11,15-16H,12-14H2,1-3H3,(H,25,29). The molecule has 1 aliphatic rings. The molecule has 1 aliphatic heterocycles. The minimum Gasteiger partial charge on any atom is -0.372 e. The second kappa shape index (κ2) is 9.32. The van der Waals surface area contributed by atoms with Gasteiger partial charge in [-0.3, -0.25) is 9.59 Å². The number of nitrogens with zero attached hydrogens (tertiary/aromatic N) is 3. The van der Waals surface area contributed by atoms with E-state index in [-0.39, 0.29) is 24.0 Å². The van der Waals surface area contributed by atoms with Crippen LogP contribution in [0.2, 0.25) is 0 Å². The number of amides is 2. The lowest BCUT2D eigenvalue weighted by Gasteiger charge is -2.35. The summed E-state index contributed by atoms with van der Waals surface area (Å²) in [4.78, 5) is 31.3. The molecule has 1 fully saturated rings. The molecule has 0 spiro atoms. The van der Waals surface area contributed by atoms with Crippen molar-refractivity contribution < 1.29 is 18.8 Å². The zero-order valence-electron chi connectivity index (χ0n) is 18.4. The van der Waals surface area contributed by atoms with Crippen molar-refractivity contribution in [2.24, 2.45) is 0 Å². The van der Waals surface area contributed by atoms with Crippen molar-refractivity contribution >= 4 is 11.8 Å². The molecule has 2 unspecified atom stereocenters. The predicted octanol–water partition coefficient (Wildman–Crippen LogP) is 3.22. The smallest absolute Gasteiger partial charge is 0.257 e. The molecule has 2 atom stereocenters. The number of hydrogen-bond acceptors (Lipinski definition) is 6. The summed E-state index contributed by atoms with van der Waals surface area (Å²) >= 11 is 0. The molecule has 3 aromatic rings. The van der Waals surface area contributed by atoms with Gasteiger partial charge in [0.05, 0.1) is 12.2 Å². The molecule has 166 valence electrons. The number of morpholine rings is 1. The maximum atomic E-state index is 12.8. The first kappa shape index (κ1) is 21.7. The summed E-state index contributed by atoms with van der Waals surface area (Å²) in [6, 6.07) is 14.3. The van der Waals surface area contributed by atoms with Gasteiger partial charge in [-0.15, -0.1) is 0 Å². The predicted molar refractivity (Wildman–Crippen MR) is 118 cm³/mol. The minimum absolute atomic E-state index is 0.000819. The van der Waals surface area contributed by atoms with E-state index in [9.17, 15) is 9.59 Å². The van der Waals surface area contributed by atoms with Crippen LogP contribution in [-0.4, -0.2) is 52.2 Å². The van der Waals surface area contributed by atoms with Gasteiger partial charge in [0.2, 0.25) is 0 Å². The van der Waals surface area contributed by atoms with Crippen LogP contribution in [0.1, 0.15) is 46.0 Å². The van der Waals surface area contributed by atoms with Crippen LogP contribution in [-0.2, 0) is 11.3 Å². The summed E-state index contributed by atoms with van der Waals surface area (Å²) in [5.41, 5.74) is 2.84. The van der Waals surface area contributed by atoms with Crippen molar-refractivity contribution in [1.82, 2.24) is 20.4 Å². The average molecular weight is 434 g/mol. The number of hydrogen-bond donors (Lipinski definition) is 1. The van der Waals surface area contributed by atoms with E-state index in [1.54, 1.807) is 43.3 Å². The summed E-state index contributed by atoms with van der Waals surface area (Å²) in [7, 11) is 0. The Morgan fingerprint density at radius 1 is 1.00 bits per heavy atom. The fourth-order valence-electron chi connectivity index (χ4n) is 3.75. The Balaban J connectivity index is 1.33. The molecule has 2 heterocycles. The third-order valence-corrected chi connectivity index (χ3v) is 5.28. The van der Waals surface area contributed by atoms with Crippen molar-refractivity contribution in [1.29, 1.82) is 0 Å². The molecule has 0 bridgehead atoms. The van der Waals surface area contributed by atoms with Crippen LogP contribution in [0.15, 0.2) is 53.1 Å². The molecule has 0 saturated carbocycles. The maximum absolute atomic E-state index is 12.8. The minimum atomic E-state index is -0.185. The molecule has 0 aliphatic carbocycles. The maximum Gasteiger partial charge on any atom is 0.257 e. The van der Waals surface area contributed by atoms with E-state index in [4.69, 9.17) is 9.26 Å². The van der Waals surface area contributed by atoms with Gasteiger partial charge < -0.3 is 19.5 Å². The van der Waals surface area contributed by atoms with Gasteiger partial charge in [-0.1, -0.05) is 17.3 Å². The SMILES string of the molecule is Cc1noc(-c2ccc(C(=O)NCc3ccc(C(=O)N4CC(C)OC(C)C4)cc3)cc2)n1. The summed E-state index contributed by atoms with van der Waals surface area (Å²) in [5.74, 6) is 0.794. The number of carbonyl (C=O) groups is 2. The van der Waals surface area contributed by atoms with E-state index in [1.165, 1.54) is 0 Å². The Morgan fingerprint density at radius 2 is 1.62 bits per heavy atom. The molecule has 4 rings (SSSR count). The van der Waals surface area contributed by atoms with Gasteiger partial charge in [0, 0.05) is 36.3 Å². The van der Waals surface area contributed by atoms with E-state index in [2.05, 4.69) is 15.5 Å². The molecule has 8 heteroatoms. The highest BCUT2D eigenvalue weighted by Crippen LogP contribution is 2.18. The third kappa shape index (κ3) is 5.03. The first-order valence-electron chi connectivity index (χ1n) is 10.6. The van der Waals surface area contributed by atoms with E-state index in [0.717, 1.165) is 11.1 Å². The normalized spacial score (nSPS) is 18.4. The highest BCUT2D eigenvalue weighted by Gasteiger charge is 2.26. The monoisotopic (exact) mass is 434 g/mol. The van der Waals surface area contributed by atoms with Crippen molar-refractivity contribution in [3.8, 4) is 11.5 Å². The van der Waals surface area contributed by atoms with E-state index in [0.29, 0.717) is 42.5 Å². The number of ether oxygens (including phenoxy) is 1. The zero-order chi connectivity index (χ0) is 22.7. The van der Waals surface area contributed by atoms with Crippen LogP contribution in [0.5, 0.6) is 0 Å². The Hall–Kier alpha value is -3.52. The van der Waals surface area contributed by atoms with E-state index in [1.807, 2.05) is 30.9 Å². The summed E-state index contributed by atoms with van der Waals surface area (Å²) in [5, 5.41) is 6.67. The van der Waals surface area contributed by atoms with Crippen molar-refractivity contribution in [3.63, 3.8) is 0 Å². The molecule has 1 N–H and O–H groups in total. The van der Waals surface area contributed by atoms with Crippen molar-refractivity contribution in [2.45, 2.75) is 39.5 Å². The van der Waals surface area contributed by atoms with Crippen LogP contribution in [0, 0.1) is 6.92 Å². The van der Waals surface area contributed by atoms with Crippen LogP contribution in [0.3, 0.4) is 0 Å². The number of benzene rings is 2. The zero-order valence-corrected chi connectivity index (χ0v) is 18.4. The Morgan fingerprint density at radius 3 is 2.22 bits per heavy atom. The lowest BCUT2D eigenvalue weighted by Crippen LogP contribution is -2.48. The number of aromatic nitrogens is 2. The van der Waals surface area contributed by atoms with Crippen LogP contribution in [0.25, 0.3) is 11.5 Å². The number of aryl methyl sites for hydroxylation is 1. The van der Waals surface area contributed by atoms with Gasteiger partial charge in [-0.05, 0) is 62.7 Å². The number of carbonyl (C=O) groups excluding carboxylic acids is 2. The van der Waals surface area contributed by atoms with E-state index < -0.39 is 0 Å². The van der Waals surface area contributed by atoms with Gasteiger partial charge in [0.1, 0.15) is 0 Å². The number of rotatable bonds is 5. The Kier molecular flexibility index (Phi) is 6.32. The van der Waals surface area contributed by atoms with Crippen molar-refractivity contribution in [2.75, 3.05) is 13.1 Å². The van der Waals surface area contributed by atoms with Gasteiger partial charge in [0.25, 0.3) is 17.7 Å². The summed E-state index contributed by atoms with van der Waals surface area (Å²) < 4.78 is 10.8. The largest absolute Gasteiger partial charge is 0.372 e. The van der Waals surface area contributed by atoms with E-state index >= 15 is 0 Å². The number of nitrogens with one attached hydrogen (secondary N) is 1. The molecule has 2 amide bonds. The van der Waals surface area contributed by atoms with Gasteiger partial charge in [0.15, 0.2) is 5.82 Å². The van der Waals surface area contributed by atoms with Crippen LogP contribution in [0.4, 0.5) is 0 Å². The molecule has 32 heavy (non-hydrogen) atoms. The third-order valence-electron chi connectivity index (χ3n) is 5.28. The highest BCUT2D eigenvalue weighted by atomic mass is 16.5. The molecule has 1 saturated heterocycles. The highest BCUT2D eigenvalue weighted by molar-refractivity contribution is 5.95. The molecule has 0 radical (unpaired) electrons. The Labute approximate surface area is 186 Å². The quantitative estimate of drug-likeness (QED) is 0.662. The van der Waals surface area contributed by atoms with Crippen molar-refractivity contribution in [3.05, 3.63) is 71.0 Å². The lowest BCUT2D eigenvalue weighted by atomic mass is 10.1. The second-order valence-corrected chi connectivity index (χ2v) is 8.07. The average Bonchev–Trinajstić information content (AvgIpc) is 3.23. The topological polar surface area (TPSA) is 97.6 Å². The molecular weight excluding hydrogens is 408 g/mol. The molecule has 2 aromatic carbocycles. The fourth-order valence-corrected chi connectivity index (χ4v) is 3.75. The summed E-state index contributed by atoms with van der Waals surface area (Å²) in [6.07, 6.45) is 0.0600. The van der Waals surface area contributed by atoms with Gasteiger partial charge in [-0.25, -0.2) is 0 Å². The molecule has 1 aromatic heterocycles. The first-order valence-corrected chi connectivity index (χ1v) is 10.6.